The molecule has 0 amide bonds. The molecule has 0 N–H and O–H groups in total. The number of aryl methyl sites for hydroxylation is 4. The number of benzene rings is 4. The first-order valence-electron chi connectivity index (χ1n) is 15.5. The van der Waals surface area contributed by atoms with Crippen molar-refractivity contribution in [3.63, 3.8) is 0 Å². The third kappa shape index (κ3) is 5.59. The van der Waals surface area contributed by atoms with Crippen LogP contribution in [0.5, 0.6) is 0 Å². The number of hydrogen-bond acceptors (Lipinski definition) is 2. The third-order valence-corrected chi connectivity index (χ3v) is 32.7. The van der Waals surface area contributed by atoms with Gasteiger partial charge in [-0.1, -0.05) is 62.5 Å². The van der Waals surface area contributed by atoms with Crippen LogP contribution >= 0.6 is 14.3 Å². The van der Waals surface area contributed by atoms with Crippen LogP contribution in [0, 0.1) is 27.7 Å². The lowest BCUT2D eigenvalue weighted by Gasteiger charge is -2.42. The van der Waals surface area contributed by atoms with Gasteiger partial charge in [-0.05, 0) is 107 Å². The minimum Gasteiger partial charge on any atom is -0.341 e. The fourth-order valence-electron chi connectivity index (χ4n) is 6.71. The molecule has 5 rings (SSSR count). The van der Waals surface area contributed by atoms with E-state index in [9.17, 15) is 0 Å². The Bertz CT molecular complexity index is 1590. The second-order valence-electron chi connectivity index (χ2n) is 14.8. The maximum Gasteiger partial charge on any atom is 0.232 e. The molecule has 43 heavy (non-hydrogen) atoms. The van der Waals surface area contributed by atoms with Gasteiger partial charge >= 0.3 is 0 Å². The molecule has 6 heteroatoms. The van der Waals surface area contributed by atoms with E-state index >= 15 is 0 Å². The normalized spacial score (nSPS) is 19.0. The monoisotopic (exact) mass is 641 g/mol. The average Bonchev–Trinajstić information content (AvgIpc) is 2.90. The molecule has 0 saturated carbocycles. The van der Waals surface area contributed by atoms with Gasteiger partial charge in [0.2, 0.25) is 7.74 Å². The maximum atomic E-state index is 2.66. The Morgan fingerprint density at radius 3 is 1.16 bits per heavy atom. The SMILES string of the molecule is Cc1ccc2c(c1)P([Si](C)(C)C)c1cc(C)ccc1N(C)c1ccc(C)cc1[P+](C)([Si](C)(C)C)c1cc(C)ccc1N2C. The predicted molar refractivity (Wildman–Crippen MR) is 206 cm³/mol. The summed E-state index contributed by atoms with van der Waals surface area (Å²) in [5.74, 6) is 0. The van der Waals surface area contributed by atoms with Crippen LogP contribution in [0.25, 0.3) is 0 Å². The summed E-state index contributed by atoms with van der Waals surface area (Å²) in [6.45, 7) is 25.4. The van der Waals surface area contributed by atoms with Gasteiger partial charge in [0.1, 0.15) is 10.6 Å². The van der Waals surface area contributed by atoms with Crippen molar-refractivity contribution in [1.82, 2.24) is 0 Å². The van der Waals surface area contributed by atoms with Crippen molar-refractivity contribution in [2.45, 2.75) is 67.0 Å². The molecule has 0 aliphatic carbocycles. The molecule has 0 saturated heterocycles. The van der Waals surface area contributed by atoms with Crippen molar-refractivity contribution in [2.75, 3.05) is 30.6 Å². The van der Waals surface area contributed by atoms with E-state index in [1.807, 2.05) is 0 Å². The van der Waals surface area contributed by atoms with Gasteiger partial charge in [-0.15, -0.1) is 0 Å². The van der Waals surface area contributed by atoms with Gasteiger partial charge < -0.3 is 9.80 Å². The lowest BCUT2D eigenvalue weighted by Crippen LogP contribution is -2.43. The molecular formula is C37H51N2P2Si2+. The molecule has 1 aliphatic heterocycles. The van der Waals surface area contributed by atoms with E-state index in [4.69, 9.17) is 0 Å². The van der Waals surface area contributed by atoms with E-state index in [2.05, 4.69) is 170 Å². The highest BCUT2D eigenvalue weighted by Gasteiger charge is 2.54. The number of anilines is 4. The summed E-state index contributed by atoms with van der Waals surface area (Å²) in [5.41, 5.74) is 10.9. The summed E-state index contributed by atoms with van der Waals surface area (Å²) >= 11 is 0. The van der Waals surface area contributed by atoms with E-state index in [1.165, 1.54) is 55.6 Å². The highest BCUT2D eigenvalue weighted by atomic mass is 31.4. The zero-order valence-corrected chi connectivity index (χ0v) is 32.5. The molecule has 0 bridgehead atoms. The second-order valence-corrected chi connectivity index (χ2v) is 40.1. The van der Waals surface area contributed by atoms with E-state index < -0.39 is 29.8 Å². The highest BCUT2D eigenvalue weighted by molar-refractivity contribution is 8.17. The zero-order valence-electron chi connectivity index (χ0n) is 28.7. The molecule has 0 aromatic heterocycles. The van der Waals surface area contributed by atoms with Gasteiger partial charge in [0.25, 0.3) is 0 Å². The number of rotatable bonds is 2. The largest absolute Gasteiger partial charge is 0.341 e. The van der Waals surface area contributed by atoms with Crippen LogP contribution in [0.4, 0.5) is 22.7 Å². The predicted octanol–water partition coefficient (Wildman–Crippen LogP) is 9.47. The van der Waals surface area contributed by atoms with E-state index in [0.717, 1.165) is 0 Å². The summed E-state index contributed by atoms with van der Waals surface area (Å²) in [6.07, 6.45) is 0. The Labute approximate surface area is 265 Å². The fourth-order valence-corrected chi connectivity index (χ4v) is 24.8. The van der Waals surface area contributed by atoms with Gasteiger partial charge in [0.15, 0.2) is 0 Å². The Balaban J connectivity index is 2.04. The van der Waals surface area contributed by atoms with E-state index in [-0.39, 0.29) is 0 Å². The average molecular weight is 642 g/mol. The summed E-state index contributed by atoms with van der Waals surface area (Å²) < 4.78 is 0. The summed E-state index contributed by atoms with van der Waals surface area (Å²) in [4.78, 5) is 5.13. The van der Waals surface area contributed by atoms with Gasteiger partial charge in [0, 0.05) is 49.6 Å². The van der Waals surface area contributed by atoms with Crippen molar-refractivity contribution in [3.8, 4) is 0 Å². The van der Waals surface area contributed by atoms with Crippen LogP contribution in [0.1, 0.15) is 22.3 Å². The quantitative estimate of drug-likeness (QED) is 0.159. The van der Waals surface area contributed by atoms with Crippen molar-refractivity contribution in [2.24, 2.45) is 0 Å². The van der Waals surface area contributed by atoms with Crippen LogP contribution in [0.3, 0.4) is 0 Å². The van der Waals surface area contributed by atoms with Crippen LogP contribution in [0.2, 0.25) is 39.3 Å². The summed E-state index contributed by atoms with van der Waals surface area (Å²) in [5, 5.41) is 6.17. The van der Waals surface area contributed by atoms with Crippen molar-refractivity contribution in [3.05, 3.63) is 95.1 Å². The topological polar surface area (TPSA) is 6.48 Å². The van der Waals surface area contributed by atoms with Gasteiger partial charge in [-0.3, -0.25) is 0 Å². The number of nitrogens with zero attached hydrogens (tertiary/aromatic N) is 2. The molecule has 4 aromatic rings. The Hall–Kier alpha value is -2.23. The number of fused-ring (bicyclic) bond motifs is 4. The third-order valence-electron chi connectivity index (χ3n) is 9.43. The molecule has 226 valence electrons. The first kappa shape index (κ1) is 32.2. The number of hydrogen-bond donors (Lipinski definition) is 0. The molecule has 0 atom stereocenters. The molecule has 2 nitrogen and oxygen atoms in total. The molecule has 1 aliphatic rings. The highest BCUT2D eigenvalue weighted by Crippen LogP contribution is 2.65. The fraction of sp³-hybridized carbons (Fsp3) is 0.351. The molecule has 0 fully saturated rings. The van der Waals surface area contributed by atoms with E-state index in [1.54, 1.807) is 10.6 Å². The molecular weight excluding hydrogens is 591 g/mol. The van der Waals surface area contributed by atoms with E-state index in [0.29, 0.717) is 0 Å². The van der Waals surface area contributed by atoms with Crippen LogP contribution in [-0.2, 0) is 0 Å². The first-order chi connectivity index (χ1) is 19.9. The lowest BCUT2D eigenvalue weighted by molar-refractivity contribution is 1.21. The zero-order chi connectivity index (χ0) is 31.6. The van der Waals surface area contributed by atoms with Crippen molar-refractivity contribution in [1.29, 1.82) is 0 Å². The lowest BCUT2D eigenvalue weighted by atomic mass is 10.1. The molecule has 0 unspecified atom stereocenters. The second kappa shape index (κ2) is 11.3. The van der Waals surface area contributed by atoms with Crippen molar-refractivity contribution < 1.29 is 0 Å². The summed E-state index contributed by atoms with van der Waals surface area (Å²) in [6, 6.07) is 29.1. The van der Waals surface area contributed by atoms with Gasteiger partial charge in [-0.25, -0.2) is 0 Å². The maximum absolute atomic E-state index is 2.66. The van der Waals surface area contributed by atoms with Crippen LogP contribution < -0.4 is 31.0 Å². The molecule has 0 spiro atoms. The molecule has 4 aromatic carbocycles. The Morgan fingerprint density at radius 1 is 0.512 bits per heavy atom. The minimum atomic E-state index is -1.83. The van der Waals surface area contributed by atoms with Crippen molar-refractivity contribution >= 4 is 73.7 Å². The first-order valence-corrected chi connectivity index (χ1v) is 27.8. The smallest absolute Gasteiger partial charge is 0.232 e. The molecule has 1 heterocycles. The minimum absolute atomic E-state index is 0.587. The van der Waals surface area contributed by atoms with Crippen LogP contribution in [0.15, 0.2) is 72.8 Å². The van der Waals surface area contributed by atoms with Gasteiger partial charge in [-0.2, -0.15) is 0 Å². The standard InChI is InChI=1S/C37H51N2P2Si2/c1-26-14-18-30-34(22-26)40(42(8,9)10)35-23-27(2)15-19-31(35)39(6)33-21-17-29(4)25-37(33)41(7,43(11,12)13)36-24-28(3)16-20-32(36)38(30)5/h14-25H,1-13H3/q+1. The van der Waals surface area contributed by atoms with Gasteiger partial charge in [0.05, 0.1) is 19.1 Å². The Kier molecular flexibility index (Phi) is 8.45. The molecule has 0 radical (unpaired) electrons. The Morgan fingerprint density at radius 2 is 0.837 bits per heavy atom. The summed E-state index contributed by atoms with van der Waals surface area (Å²) in [7, 11) is 0.574. The van der Waals surface area contributed by atoms with Crippen LogP contribution in [-0.4, -0.2) is 36.2 Å².